The Bertz CT molecular complexity index is 1180. The second-order valence-electron chi connectivity index (χ2n) is 6.71. The summed E-state index contributed by atoms with van der Waals surface area (Å²) in [5, 5.41) is 11.1. The number of hydrogen-bond acceptors (Lipinski definition) is 6. The number of thiocarbonyl (C=S) groups is 1. The molecule has 0 aliphatic carbocycles. The lowest BCUT2D eigenvalue weighted by Gasteiger charge is -2.14. The van der Waals surface area contributed by atoms with Crippen molar-refractivity contribution in [3.63, 3.8) is 0 Å². The number of thioether (sulfide) groups is 1. The Morgan fingerprint density at radius 1 is 1.17 bits per heavy atom. The molecule has 4 rings (SSSR count). The lowest BCUT2D eigenvalue weighted by Crippen LogP contribution is -2.27. The van der Waals surface area contributed by atoms with Crippen molar-refractivity contribution in [2.75, 3.05) is 0 Å². The highest BCUT2D eigenvalue weighted by molar-refractivity contribution is 8.26. The molecule has 0 unspecified atom stereocenters. The van der Waals surface area contributed by atoms with E-state index in [0.717, 1.165) is 11.1 Å². The third-order valence-corrected chi connectivity index (χ3v) is 6.03. The standard InChI is InChI=1S/C22H16N2O4S2/c1-14-7-8-16(24(26)27)11-18(14)19-10-9-17(28-19)12-20-21(25)23(22(29)30-20)13-15-5-3-2-4-6-15/h2-12H,13H2,1H3. The molecular formula is C22H16N2O4S2. The molecule has 1 aliphatic heterocycles. The summed E-state index contributed by atoms with van der Waals surface area (Å²) in [5.74, 6) is 0.816. The molecule has 1 fully saturated rings. The second kappa shape index (κ2) is 8.25. The number of carbonyl (C=O) groups is 1. The summed E-state index contributed by atoms with van der Waals surface area (Å²) in [5.41, 5.74) is 2.49. The zero-order valence-corrected chi connectivity index (χ0v) is 17.5. The van der Waals surface area contributed by atoms with Crippen LogP contribution in [0.1, 0.15) is 16.9 Å². The highest BCUT2D eigenvalue weighted by atomic mass is 32.2. The zero-order chi connectivity index (χ0) is 21.3. The molecule has 30 heavy (non-hydrogen) atoms. The maximum absolute atomic E-state index is 12.8. The van der Waals surface area contributed by atoms with Crippen LogP contribution >= 0.6 is 24.0 Å². The fourth-order valence-electron chi connectivity index (χ4n) is 3.10. The number of benzene rings is 2. The number of carbonyl (C=O) groups excluding carboxylic acids is 1. The minimum absolute atomic E-state index is 0.00432. The Morgan fingerprint density at radius 2 is 1.93 bits per heavy atom. The molecule has 1 saturated heterocycles. The molecule has 0 atom stereocenters. The van der Waals surface area contributed by atoms with Gasteiger partial charge in [-0.2, -0.15) is 0 Å². The van der Waals surface area contributed by atoms with Crippen LogP contribution in [-0.2, 0) is 11.3 Å². The van der Waals surface area contributed by atoms with Gasteiger partial charge >= 0.3 is 0 Å². The summed E-state index contributed by atoms with van der Waals surface area (Å²) in [7, 11) is 0. The van der Waals surface area contributed by atoms with Gasteiger partial charge in [0.15, 0.2) is 0 Å². The first-order chi connectivity index (χ1) is 14.4. The van der Waals surface area contributed by atoms with Crippen LogP contribution in [-0.4, -0.2) is 20.1 Å². The van der Waals surface area contributed by atoms with E-state index < -0.39 is 4.92 Å². The van der Waals surface area contributed by atoms with E-state index in [1.807, 2.05) is 37.3 Å². The van der Waals surface area contributed by atoms with Gasteiger partial charge in [-0.3, -0.25) is 19.8 Å². The number of rotatable bonds is 5. The minimum Gasteiger partial charge on any atom is -0.457 e. The first-order valence-corrected chi connectivity index (χ1v) is 10.3. The fraction of sp³-hybridized carbons (Fsp3) is 0.0909. The van der Waals surface area contributed by atoms with Crippen molar-refractivity contribution in [3.8, 4) is 11.3 Å². The lowest BCUT2D eigenvalue weighted by molar-refractivity contribution is -0.384. The van der Waals surface area contributed by atoms with Gasteiger partial charge < -0.3 is 4.42 Å². The van der Waals surface area contributed by atoms with Crippen molar-refractivity contribution in [1.82, 2.24) is 4.90 Å². The number of nitro benzene ring substituents is 1. The third kappa shape index (κ3) is 4.05. The summed E-state index contributed by atoms with van der Waals surface area (Å²) in [6.07, 6.45) is 1.65. The highest BCUT2D eigenvalue weighted by Crippen LogP contribution is 2.35. The molecule has 1 aliphatic rings. The molecule has 0 radical (unpaired) electrons. The molecule has 0 spiro atoms. The molecule has 3 aromatic rings. The summed E-state index contributed by atoms with van der Waals surface area (Å²) in [4.78, 5) is 25.5. The number of nitro groups is 1. The van der Waals surface area contributed by atoms with Crippen LogP contribution in [0.3, 0.4) is 0 Å². The molecule has 1 aromatic heterocycles. The molecular weight excluding hydrogens is 420 g/mol. The lowest BCUT2D eigenvalue weighted by atomic mass is 10.1. The Kier molecular flexibility index (Phi) is 5.52. The van der Waals surface area contributed by atoms with Crippen molar-refractivity contribution >= 4 is 46.0 Å². The van der Waals surface area contributed by atoms with Crippen LogP contribution in [0.2, 0.25) is 0 Å². The Morgan fingerprint density at radius 3 is 2.67 bits per heavy atom. The third-order valence-electron chi connectivity index (χ3n) is 4.65. The van der Waals surface area contributed by atoms with Gasteiger partial charge in [-0.15, -0.1) is 0 Å². The van der Waals surface area contributed by atoms with Crippen molar-refractivity contribution in [2.45, 2.75) is 13.5 Å². The molecule has 6 nitrogen and oxygen atoms in total. The monoisotopic (exact) mass is 436 g/mol. The number of non-ortho nitro benzene ring substituents is 1. The SMILES string of the molecule is Cc1ccc([N+](=O)[O-])cc1-c1ccc(C=C2SC(=S)N(Cc3ccccc3)C2=O)o1. The Labute approximate surface area is 182 Å². The number of nitrogens with zero attached hydrogens (tertiary/aromatic N) is 2. The zero-order valence-electron chi connectivity index (χ0n) is 15.9. The van der Waals surface area contributed by atoms with Gasteiger partial charge in [0.2, 0.25) is 0 Å². The summed E-state index contributed by atoms with van der Waals surface area (Å²) < 4.78 is 6.35. The van der Waals surface area contributed by atoms with E-state index in [0.29, 0.717) is 32.9 Å². The van der Waals surface area contributed by atoms with E-state index >= 15 is 0 Å². The molecule has 150 valence electrons. The van der Waals surface area contributed by atoms with Crippen molar-refractivity contribution in [1.29, 1.82) is 0 Å². The van der Waals surface area contributed by atoms with Gasteiger partial charge in [-0.1, -0.05) is 60.4 Å². The summed E-state index contributed by atoms with van der Waals surface area (Å²) >= 11 is 6.61. The molecule has 0 bridgehead atoms. The van der Waals surface area contributed by atoms with Gasteiger partial charge in [-0.05, 0) is 30.2 Å². The normalized spacial score (nSPS) is 15.2. The van der Waals surface area contributed by atoms with Crippen LogP contribution in [0.25, 0.3) is 17.4 Å². The number of amides is 1. The molecule has 8 heteroatoms. The van der Waals surface area contributed by atoms with E-state index in [4.69, 9.17) is 16.6 Å². The molecule has 2 aromatic carbocycles. The van der Waals surface area contributed by atoms with E-state index in [9.17, 15) is 14.9 Å². The average molecular weight is 437 g/mol. The van der Waals surface area contributed by atoms with Gasteiger partial charge in [0, 0.05) is 23.8 Å². The summed E-state index contributed by atoms with van der Waals surface area (Å²) in [6.45, 7) is 2.27. The molecule has 1 amide bonds. The largest absolute Gasteiger partial charge is 0.457 e. The molecule has 0 saturated carbocycles. The predicted molar refractivity (Wildman–Crippen MR) is 121 cm³/mol. The molecule has 2 heterocycles. The van der Waals surface area contributed by atoms with Crippen molar-refractivity contribution in [3.05, 3.63) is 92.6 Å². The van der Waals surface area contributed by atoms with Crippen molar-refractivity contribution in [2.24, 2.45) is 0 Å². The van der Waals surface area contributed by atoms with E-state index in [1.165, 1.54) is 23.9 Å². The smallest absolute Gasteiger partial charge is 0.270 e. The van der Waals surface area contributed by atoms with Gasteiger partial charge in [0.25, 0.3) is 11.6 Å². The van der Waals surface area contributed by atoms with Crippen LogP contribution in [0.5, 0.6) is 0 Å². The second-order valence-corrected chi connectivity index (χ2v) is 8.39. The number of aryl methyl sites for hydroxylation is 1. The maximum atomic E-state index is 12.8. The number of hydrogen-bond donors (Lipinski definition) is 0. The van der Waals surface area contributed by atoms with Crippen LogP contribution in [0.4, 0.5) is 5.69 Å². The van der Waals surface area contributed by atoms with Gasteiger partial charge in [0.05, 0.1) is 16.4 Å². The van der Waals surface area contributed by atoms with Gasteiger partial charge in [-0.25, -0.2) is 0 Å². The predicted octanol–water partition coefficient (Wildman–Crippen LogP) is 5.56. The van der Waals surface area contributed by atoms with E-state index in [2.05, 4.69) is 0 Å². The Hall–Kier alpha value is -3.23. The van der Waals surface area contributed by atoms with Crippen molar-refractivity contribution < 1.29 is 14.1 Å². The number of furan rings is 1. The summed E-state index contributed by atoms with van der Waals surface area (Å²) in [6, 6.07) is 17.8. The van der Waals surface area contributed by atoms with Crippen LogP contribution in [0.15, 0.2) is 70.0 Å². The van der Waals surface area contributed by atoms with E-state index in [-0.39, 0.29) is 11.6 Å². The molecule has 0 N–H and O–H groups in total. The first kappa shape index (κ1) is 20.1. The van der Waals surface area contributed by atoms with Crippen LogP contribution in [0, 0.1) is 17.0 Å². The maximum Gasteiger partial charge on any atom is 0.270 e. The fourth-order valence-corrected chi connectivity index (χ4v) is 4.33. The van der Waals surface area contributed by atoms with Crippen LogP contribution < -0.4 is 0 Å². The Balaban J connectivity index is 1.57. The van der Waals surface area contributed by atoms with E-state index in [1.54, 1.807) is 29.2 Å². The minimum atomic E-state index is -0.440. The highest BCUT2D eigenvalue weighted by Gasteiger charge is 2.32. The average Bonchev–Trinajstić information content (AvgIpc) is 3.29. The topological polar surface area (TPSA) is 76.6 Å². The quantitative estimate of drug-likeness (QED) is 0.225. The first-order valence-electron chi connectivity index (χ1n) is 9.07. The van der Waals surface area contributed by atoms with Gasteiger partial charge in [0.1, 0.15) is 15.8 Å².